The highest BCUT2D eigenvalue weighted by Crippen LogP contribution is 2.24. The molecule has 6 heteroatoms. The molecule has 1 heterocycles. The van der Waals surface area contributed by atoms with Crippen LogP contribution < -0.4 is 14.8 Å². The molecule has 1 aromatic heterocycles. The van der Waals surface area contributed by atoms with Crippen LogP contribution in [0, 0.1) is 0 Å². The van der Waals surface area contributed by atoms with Crippen molar-refractivity contribution in [3.8, 4) is 11.5 Å². The van der Waals surface area contributed by atoms with Crippen molar-refractivity contribution in [3.63, 3.8) is 0 Å². The Bertz CT molecular complexity index is 773. The van der Waals surface area contributed by atoms with Gasteiger partial charge in [-0.2, -0.15) is 0 Å². The maximum Gasteiger partial charge on any atom is 0.277 e. The Morgan fingerprint density at radius 3 is 2.50 bits per heavy atom. The van der Waals surface area contributed by atoms with Gasteiger partial charge in [0, 0.05) is 6.07 Å². The van der Waals surface area contributed by atoms with Gasteiger partial charge in [0.25, 0.3) is 5.91 Å². The normalized spacial score (nSPS) is 10.2. The summed E-state index contributed by atoms with van der Waals surface area (Å²) in [6.45, 7) is 0.751. The second kappa shape index (κ2) is 7.82. The number of carbonyl (C=O) groups is 1. The van der Waals surface area contributed by atoms with Crippen LogP contribution in [0.1, 0.15) is 10.5 Å². The number of amides is 1. The van der Waals surface area contributed by atoms with Gasteiger partial charge in [-0.25, -0.2) is 0 Å². The number of carbonyl (C=O) groups excluding carboxylic acids is 1. The van der Waals surface area contributed by atoms with E-state index in [9.17, 15) is 4.79 Å². The molecule has 0 aliphatic heterocycles. The van der Waals surface area contributed by atoms with Crippen molar-refractivity contribution in [3.05, 3.63) is 72.6 Å². The quantitative estimate of drug-likeness (QED) is 0.674. The molecule has 24 heavy (non-hydrogen) atoms. The third-order valence-electron chi connectivity index (χ3n) is 3.16. The van der Waals surface area contributed by atoms with Crippen LogP contribution in [0.5, 0.6) is 11.5 Å². The Kier molecular flexibility index (Phi) is 5.09. The summed E-state index contributed by atoms with van der Waals surface area (Å²) in [4.78, 5) is 12.0. The predicted octanol–water partition coefficient (Wildman–Crippen LogP) is 3.38. The van der Waals surface area contributed by atoms with Gasteiger partial charge in [-0.05, 0) is 24.3 Å². The fraction of sp³-hybridized carbons (Fsp3) is 0.111. The molecule has 0 bridgehead atoms. The first-order chi connectivity index (χ1) is 11.8. The van der Waals surface area contributed by atoms with E-state index in [0.717, 1.165) is 5.75 Å². The highest BCUT2D eigenvalue weighted by atomic mass is 16.5. The van der Waals surface area contributed by atoms with Gasteiger partial charge in [-0.1, -0.05) is 35.5 Å². The summed E-state index contributed by atoms with van der Waals surface area (Å²) in [5.41, 5.74) is 0.766. The number of anilines is 1. The molecule has 2 aromatic carbocycles. The first kappa shape index (κ1) is 15.6. The van der Waals surface area contributed by atoms with E-state index in [4.69, 9.17) is 9.47 Å². The smallest absolute Gasteiger partial charge is 0.277 e. The lowest BCUT2D eigenvalue weighted by molar-refractivity contribution is 0.101. The number of nitrogens with zero attached hydrogens (tertiary/aromatic N) is 1. The molecular formula is C18H16N2O4. The minimum absolute atomic E-state index is 0.206. The summed E-state index contributed by atoms with van der Waals surface area (Å²) in [7, 11) is 0. The zero-order valence-electron chi connectivity index (χ0n) is 12.8. The summed E-state index contributed by atoms with van der Waals surface area (Å²) < 4.78 is 15.9. The number of para-hydroxylation sites is 3. The average Bonchev–Trinajstić information content (AvgIpc) is 3.16. The van der Waals surface area contributed by atoms with Crippen LogP contribution in [0.25, 0.3) is 0 Å². The van der Waals surface area contributed by atoms with Crippen molar-refractivity contribution in [1.82, 2.24) is 5.16 Å². The lowest BCUT2D eigenvalue weighted by Crippen LogP contribution is -2.14. The van der Waals surface area contributed by atoms with Gasteiger partial charge in [0.1, 0.15) is 31.0 Å². The largest absolute Gasteiger partial charge is 0.490 e. The van der Waals surface area contributed by atoms with Gasteiger partial charge in [-0.15, -0.1) is 0 Å². The Morgan fingerprint density at radius 1 is 0.958 bits per heavy atom. The lowest BCUT2D eigenvalue weighted by atomic mass is 10.3. The van der Waals surface area contributed by atoms with E-state index in [0.29, 0.717) is 24.7 Å². The van der Waals surface area contributed by atoms with Gasteiger partial charge in [-0.3, -0.25) is 4.79 Å². The molecule has 3 rings (SSSR count). The molecule has 0 aliphatic carbocycles. The van der Waals surface area contributed by atoms with E-state index < -0.39 is 0 Å². The molecule has 6 nitrogen and oxygen atoms in total. The van der Waals surface area contributed by atoms with Crippen LogP contribution in [0.4, 0.5) is 5.69 Å². The molecule has 0 saturated carbocycles. The summed E-state index contributed by atoms with van der Waals surface area (Å²) in [6.07, 6.45) is 1.35. The average molecular weight is 324 g/mol. The summed E-state index contributed by atoms with van der Waals surface area (Å²) in [5.74, 6) is 0.986. The zero-order valence-corrected chi connectivity index (χ0v) is 12.8. The third-order valence-corrected chi connectivity index (χ3v) is 3.16. The van der Waals surface area contributed by atoms with Gasteiger partial charge in [0.2, 0.25) is 0 Å². The Balaban J connectivity index is 1.55. The first-order valence-electron chi connectivity index (χ1n) is 7.44. The number of hydrogen-bond acceptors (Lipinski definition) is 5. The molecule has 1 N–H and O–H groups in total. The van der Waals surface area contributed by atoms with E-state index >= 15 is 0 Å². The molecule has 3 aromatic rings. The summed E-state index contributed by atoms with van der Waals surface area (Å²) >= 11 is 0. The molecule has 0 saturated heterocycles. The van der Waals surface area contributed by atoms with E-state index in [1.165, 1.54) is 12.3 Å². The molecule has 0 atom stereocenters. The molecule has 0 aliphatic rings. The number of rotatable bonds is 7. The summed E-state index contributed by atoms with van der Waals surface area (Å²) in [5, 5.41) is 6.35. The van der Waals surface area contributed by atoms with Crippen molar-refractivity contribution >= 4 is 11.6 Å². The van der Waals surface area contributed by atoms with E-state index in [1.807, 2.05) is 42.5 Å². The Hall–Kier alpha value is -3.28. The minimum atomic E-state index is -0.361. The van der Waals surface area contributed by atoms with Gasteiger partial charge in [0.15, 0.2) is 5.69 Å². The molecule has 0 unspecified atom stereocenters. The fourth-order valence-electron chi connectivity index (χ4n) is 2.04. The van der Waals surface area contributed by atoms with Crippen LogP contribution in [-0.4, -0.2) is 24.3 Å². The molecule has 0 radical (unpaired) electrons. The Morgan fingerprint density at radius 2 is 1.71 bits per heavy atom. The number of aromatic nitrogens is 1. The van der Waals surface area contributed by atoms with Gasteiger partial charge < -0.3 is 19.3 Å². The predicted molar refractivity (Wildman–Crippen MR) is 88.3 cm³/mol. The van der Waals surface area contributed by atoms with Crippen molar-refractivity contribution < 1.29 is 18.8 Å². The van der Waals surface area contributed by atoms with Crippen molar-refractivity contribution in [2.45, 2.75) is 0 Å². The number of nitrogens with one attached hydrogen (secondary N) is 1. The fourth-order valence-corrected chi connectivity index (χ4v) is 2.04. The van der Waals surface area contributed by atoms with Crippen molar-refractivity contribution in [2.75, 3.05) is 18.5 Å². The number of hydrogen-bond donors (Lipinski definition) is 1. The summed E-state index contributed by atoms with van der Waals surface area (Å²) in [6, 6.07) is 18.2. The van der Waals surface area contributed by atoms with Crippen LogP contribution in [0.2, 0.25) is 0 Å². The molecule has 0 spiro atoms. The second-order valence-electron chi connectivity index (χ2n) is 4.84. The van der Waals surface area contributed by atoms with Crippen molar-refractivity contribution in [2.24, 2.45) is 0 Å². The van der Waals surface area contributed by atoms with Gasteiger partial charge >= 0.3 is 0 Å². The van der Waals surface area contributed by atoms with Crippen molar-refractivity contribution in [1.29, 1.82) is 0 Å². The maximum atomic E-state index is 12.0. The SMILES string of the molecule is O=C(Nc1ccccc1OCCOc1ccccc1)c1ccon1. The second-order valence-corrected chi connectivity index (χ2v) is 4.84. The van der Waals surface area contributed by atoms with E-state index in [-0.39, 0.29) is 11.6 Å². The lowest BCUT2D eigenvalue weighted by Gasteiger charge is -2.12. The van der Waals surface area contributed by atoms with Crippen LogP contribution in [0.3, 0.4) is 0 Å². The highest BCUT2D eigenvalue weighted by molar-refractivity contribution is 6.03. The first-order valence-corrected chi connectivity index (χ1v) is 7.44. The van der Waals surface area contributed by atoms with Crippen LogP contribution in [0.15, 0.2) is 71.4 Å². The topological polar surface area (TPSA) is 73.6 Å². The molecule has 0 fully saturated rings. The van der Waals surface area contributed by atoms with E-state index in [1.54, 1.807) is 12.1 Å². The number of benzene rings is 2. The third kappa shape index (κ3) is 4.13. The zero-order chi connectivity index (χ0) is 16.6. The standard InChI is InChI=1S/C18H16N2O4/c21-18(16-10-11-24-20-16)19-15-8-4-5-9-17(15)23-13-12-22-14-6-2-1-3-7-14/h1-11H,12-13H2,(H,19,21). The van der Waals surface area contributed by atoms with Gasteiger partial charge in [0.05, 0.1) is 5.69 Å². The highest BCUT2D eigenvalue weighted by Gasteiger charge is 2.12. The monoisotopic (exact) mass is 324 g/mol. The van der Waals surface area contributed by atoms with E-state index in [2.05, 4.69) is 15.0 Å². The Labute approximate surface area is 139 Å². The number of ether oxygens (including phenoxy) is 2. The maximum absolute atomic E-state index is 12.0. The van der Waals surface area contributed by atoms with Crippen LogP contribution >= 0.6 is 0 Å². The molecule has 1 amide bonds. The molecule has 122 valence electrons. The molecular weight excluding hydrogens is 308 g/mol. The van der Waals surface area contributed by atoms with Crippen LogP contribution in [-0.2, 0) is 0 Å². The minimum Gasteiger partial charge on any atom is -0.490 e.